The lowest BCUT2D eigenvalue weighted by atomic mass is 10.1. The number of ether oxygens (including phenoxy) is 1. The summed E-state index contributed by atoms with van der Waals surface area (Å²) in [6.07, 6.45) is -0.847. The average molecular weight is 354 g/mol. The zero-order valence-electron chi connectivity index (χ0n) is 15.0. The van der Waals surface area contributed by atoms with E-state index >= 15 is 0 Å². The topological polar surface area (TPSA) is 71.9 Å². The molecule has 0 saturated carbocycles. The highest BCUT2D eigenvalue weighted by atomic mass is 16.5. The van der Waals surface area contributed by atoms with Crippen molar-refractivity contribution in [3.8, 4) is 5.75 Å². The lowest BCUT2D eigenvalue weighted by molar-refractivity contribution is -0.860. The van der Waals surface area contributed by atoms with E-state index in [2.05, 4.69) is 10.6 Å². The van der Waals surface area contributed by atoms with E-state index in [1.807, 2.05) is 56.6 Å². The zero-order chi connectivity index (χ0) is 18.5. The smallest absolute Gasteiger partial charge is 0.266 e. The Labute approximate surface area is 153 Å². The molecule has 0 unspecified atom stereocenters. The Morgan fingerprint density at radius 3 is 2.58 bits per heavy atom. The number of nitrogens with one attached hydrogen (secondary N) is 3. The van der Waals surface area contributed by atoms with Crippen molar-refractivity contribution >= 4 is 17.5 Å². The maximum absolute atomic E-state index is 12.6. The van der Waals surface area contributed by atoms with Gasteiger partial charge in [0.1, 0.15) is 18.3 Å². The minimum Gasteiger partial charge on any atom is -0.478 e. The van der Waals surface area contributed by atoms with Crippen LogP contribution in [0.1, 0.15) is 18.0 Å². The van der Waals surface area contributed by atoms with Gasteiger partial charge in [-0.05, 0) is 17.7 Å². The molecule has 2 atom stereocenters. The number of hydrogen-bond donors (Lipinski definition) is 3. The van der Waals surface area contributed by atoms with Crippen molar-refractivity contribution in [2.45, 2.75) is 18.6 Å². The molecule has 2 aromatic rings. The first kappa shape index (κ1) is 17.9. The Hall–Kier alpha value is -2.86. The van der Waals surface area contributed by atoms with Crippen LogP contribution in [-0.2, 0) is 9.59 Å². The summed E-state index contributed by atoms with van der Waals surface area (Å²) in [5.74, 6) is 0.0789. The number of benzene rings is 2. The highest BCUT2D eigenvalue weighted by Gasteiger charge is 2.30. The Morgan fingerprint density at radius 1 is 1.15 bits per heavy atom. The number of hydrogen-bond acceptors (Lipinski definition) is 3. The SMILES string of the molecule is C[NH+](C)C[C@@H](NC(=O)C[C@H]1Oc2ccccc2NC1=O)c1ccccc1. The molecule has 1 aliphatic rings. The highest BCUT2D eigenvalue weighted by Crippen LogP contribution is 2.29. The molecule has 26 heavy (non-hydrogen) atoms. The van der Waals surface area contributed by atoms with E-state index in [9.17, 15) is 9.59 Å². The van der Waals surface area contributed by atoms with E-state index in [1.165, 1.54) is 4.90 Å². The second kappa shape index (κ2) is 8.01. The molecular formula is C20H24N3O3+. The molecule has 136 valence electrons. The quantitative estimate of drug-likeness (QED) is 0.718. The molecule has 0 aliphatic carbocycles. The molecule has 2 amide bonds. The van der Waals surface area contributed by atoms with Gasteiger partial charge >= 0.3 is 0 Å². The number of amides is 2. The van der Waals surface area contributed by atoms with Crippen LogP contribution in [0.5, 0.6) is 5.75 Å². The molecule has 3 rings (SSSR count). The molecule has 3 N–H and O–H groups in total. The third kappa shape index (κ3) is 4.40. The average Bonchev–Trinajstić information content (AvgIpc) is 2.62. The van der Waals surface area contributed by atoms with Gasteiger partial charge in [0.2, 0.25) is 5.91 Å². The van der Waals surface area contributed by atoms with Crippen LogP contribution in [0.4, 0.5) is 5.69 Å². The fraction of sp³-hybridized carbons (Fsp3) is 0.300. The summed E-state index contributed by atoms with van der Waals surface area (Å²) in [4.78, 5) is 26.0. The molecular weight excluding hydrogens is 330 g/mol. The van der Waals surface area contributed by atoms with E-state index in [0.717, 1.165) is 12.1 Å². The Balaban J connectivity index is 1.66. The number of para-hydroxylation sites is 2. The number of anilines is 1. The molecule has 0 saturated heterocycles. The van der Waals surface area contributed by atoms with Crippen molar-refractivity contribution in [3.63, 3.8) is 0 Å². The van der Waals surface area contributed by atoms with Crippen LogP contribution in [0.25, 0.3) is 0 Å². The Morgan fingerprint density at radius 2 is 1.85 bits per heavy atom. The maximum atomic E-state index is 12.6. The van der Waals surface area contributed by atoms with Gasteiger partial charge in [0, 0.05) is 0 Å². The van der Waals surface area contributed by atoms with Crippen molar-refractivity contribution in [3.05, 3.63) is 60.2 Å². The summed E-state index contributed by atoms with van der Waals surface area (Å²) in [5.41, 5.74) is 1.67. The van der Waals surface area contributed by atoms with Gasteiger partial charge in [-0.1, -0.05) is 42.5 Å². The van der Waals surface area contributed by atoms with Gasteiger partial charge in [0.25, 0.3) is 5.91 Å². The number of quaternary nitrogens is 1. The number of rotatable bonds is 6. The first-order valence-corrected chi connectivity index (χ1v) is 8.73. The minimum atomic E-state index is -0.826. The lowest BCUT2D eigenvalue weighted by Gasteiger charge is -2.26. The van der Waals surface area contributed by atoms with E-state index in [4.69, 9.17) is 4.74 Å². The van der Waals surface area contributed by atoms with Crippen LogP contribution in [0.2, 0.25) is 0 Å². The van der Waals surface area contributed by atoms with Gasteiger partial charge in [0.15, 0.2) is 6.10 Å². The maximum Gasteiger partial charge on any atom is 0.266 e. The number of carbonyl (C=O) groups excluding carboxylic acids is 2. The van der Waals surface area contributed by atoms with Crippen molar-refractivity contribution < 1.29 is 19.2 Å². The standard InChI is InChI=1S/C20H23N3O3/c1-23(2)13-16(14-8-4-3-5-9-14)21-19(24)12-18-20(25)22-15-10-6-7-11-17(15)26-18/h3-11,16,18H,12-13H2,1-2H3,(H,21,24)(H,22,25)/p+1/t16-,18-/m1/s1. The van der Waals surface area contributed by atoms with Gasteiger partial charge in [-0.15, -0.1) is 0 Å². The highest BCUT2D eigenvalue weighted by molar-refractivity contribution is 5.99. The first-order valence-electron chi connectivity index (χ1n) is 8.73. The van der Waals surface area contributed by atoms with Gasteiger partial charge in [-0.2, -0.15) is 0 Å². The minimum absolute atomic E-state index is 0.0216. The van der Waals surface area contributed by atoms with Crippen LogP contribution in [0.3, 0.4) is 0 Å². The van der Waals surface area contributed by atoms with Crippen LogP contribution >= 0.6 is 0 Å². The van der Waals surface area contributed by atoms with Crippen LogP contribution < -0.4 is 20.3 Å². The number of fused-ring (bicyclic) bond motifs is 1. The van der Waals surface area contributed by atoms with Crippen LogP contribution in [0.15, 0.2) is 54.6 Å². The Kier molecular flexibility index (Phi) is 5.53. The summed E-state index contributed by atoms with van der Waals surface area (Å²) in [5, 5.41) is 5.82. The van der Waals surface area contributed by atoms with E-state index < -0.39 is 6.10 Å². The largest absolute Gasteiger partial charge is 0.478 e. The molecule has 6 heteroatoms. The van der Waals surface area contributed by atoms with Gasteiger partial charge < -0.3 is 20.3 Å². The summed E-state index contributed by atoms with van der Waals surface area (Å²) < 4.78 is 5.71. The van der Waals surface area contributed by atoms with Gasteiger partial charge in [0.05, 0.1) is 26.2 Å². The van der Waals surface area contributed by atoms with Crippen molar-refractivity contribution in [1.29, 1.82) is 0 Å². The number of likely N-dealkylation sites (N-methyl/N-ethyl adjacent to an activating group) is 1. The molecule has 6 nitrogen and oxygen atoms in total. The third-order valence-electron chi connectivity index (χ3n) is 4.23. The molecule has 0 fully saturated rings. The first-order chi connectivity index (χ1) is 12.5. The second-order valence-corrected chi connectivity index (χ2v) is 6.74. The van der Waals surface area contributed by atoms with Crippen LogP contribution in [-0.4, -0.2) is 38.6 Å². The second-order valence-electron chi connectivity index (χ2n) is 6.74. The summed E-state index contributed by atoms with van der Waals surface area (Å²) >= 11 is 0. The van der Waals surface area contributed by atoms with Crippen molar-refractivity contribution in [1.82, 2.24) is 5.32 Å². The fourth-order valence-electron chi connectivity index (χ4n) is 2.99. The van der Waals surface area contributed by atoms with Gasteiger partial charge in [-0.25, -0.2) is 0 Å². The third-order valence-corrected chi connectivity index (χ3v) is 4.23. The monoisotopic (exact) mass is 354 g/mol. The van der Waals surface area contributed by atoms with E-state index in [-0.39, 0.29) is 24.3 Å². The molecule has 0 bridgehead atoms. The molecule has 0 radical (unpaired) electrons. The lowest BCUT2D eigenvalue weighted by Crippen LogP contribution is -3.06. The number of carbonyl (C=O) groups is 2. The molecule has 0 aromatic heterocycles. The predicted octanol–water partition coefficient (Wildman–Crippen LogP) is 0.778. The van der Waals surface area contributed by atoms with Crippen molar-refractivity contribution in [2.75, 3.05) is 26.0 Å². The molecule has 1 aliphatic heterocycles. The molecule has 2 aromatic carbocycles. The normalized spacial score (nSPS) is 17.0. The molecule has 0 spiro atoms. The van der Waals surface area contributed by atoms with E-state index in [1.54, 1.807) is 12.1 Å². The Bertz CT molecular complexity index is 777. The van der Waals surface area contributed by atoms with Crippen LogP contribution in [0, 0.1) is 0 Å². The van der Waals surface area contributed by atoms with Crippen molar-refractivity contribution in [2.24, 2.45) is 0 Å². The summed E-state index contributed by atoms with van der Waals surface area (Å²) in [6, 6.07) is 16.9. The van der Waals surface area contributed by atoms with Gasteiger partial charge in [-0.3, -0.25) is 9.59 Å². The molecule has 1 heterocycles. The fourth-order valence-corrected chi connectivity index (χ4v) is 2.99. The predicted molar refractivity (Wildman–Crippen MR) is 99.1 cm³/mol. The summed E-state index contributed by atoms with van der Waals surface area (Å²) in [6.45, 7) is 0.746. The summed E-state index contributed by atoms with van der Waals surface area (Å²) in [7, 11) is 4.08. The van der Waals surface area contributed by atoms with E-state index in [0.29, 0.717) is 11.4 Å². The zero-order valence-corrected chi connectivity index (χ0v) is 15.0.